The minimum Gasteiger partial charge on any atom is -0.484 e. The zero-order valence-corrected chi connectivity index (χ0v) is 6.47. The van der Waals surface area contributed by atoms with Gasteiger partial charge >= 0.3 is 0 Å². The van der Waals surface area contributed by atoms with Gasteiger partial charge in [-0.15, -0.1) is 11.3 Å². The van der Waals surface area contributed by atoms with Crippen LogP contribution in [-0.4, -0.2) is 19.0 Å². The summed E-state index contributed by atoms with van der Waals surface area (Å²) in [5.41, 5.74) is 0. The Labute approximate surface area is 67.5 Å². The number of thiophene rings is 1. The third-order valence-electron chi connectivity index (χ3n) is 1.43. The van der Waals surface area contributed by atoms with Crippen molar-refractivity contribution < 1.29 is 14.3 Å². The minimum atomic E-state index is -0.433. The Hall–Kier alpha value is -1.03. The largest absolute Gasteiger partial charge is 0.484 e. The second-order valence-corrected chi connectivity index (χ2v) is 2.95. The highest BCUT2D eigenvalue weighted by Gasteiger charge is 2.20. The molecule has 2 rings (SSSR count). The maximum absolute atomic E-state index is 10.3. The Balaban J connectivity index is 2.24. The molecular formula is C7H6O3S. The van der Waals surface area contributed by atoms with Crippen molar-refractivity contribution in [3.8, 4) is 11.5 Å². The summed E-state index contributed by atoms with van der Waals surface area (Å²) in [6.45, 7) is 0.327. The molecule has 1 aliphatic rings. The molecule has 0 amide bonds. The first-order chi connectivity index (χ1) is 5.40. The van der Waals surface area contributed by atoms with Gasteiger partial charge in [-0.1, -0.05) is 0 Å². The summed E-state index contributed by atoms with van der Waals surface area (Å²) in [7, 11) is 0. The van der Waals surface area contributed by atoms with Gasteiger partial charge < -0.3 is 9.47 Å². The van der Waals surface area contributed by atoms with Crippen LogP contribution in [0.1, 0.15) is 0 Å². The van der Waals surface area contributed by atoms with Crippen LogP contribution in [0.3, 0.4) is 0 Å². The van der Waals surface area contributed by atoms with E-state index in [-0.39, 0.29) is 0 Å². The number of fused-ring (bicyclic) bond motifs is 1. The summed E-state index contributed by atoms with van der Waals surface area (Å²) in [5.74, 6) is 1.42. The second-order valence-electron chi connectivity index (χ2n) is 2.20. The van der Waals surface area contributed by atoms with Crippen molar-refractivity contribution in [1.82, 2.24) is 0 Å². The van der Waals surface area contributed by atoms with Crippen LogP contribution in [0.2, 0.25) is 0 Å². The van der Waals surface area contributed by atoms with Gasteiger partial charge in [-0.2, -0.15) is 0 Å². The minimum absolute atomic E-state index is 0.327. The average molecular weight is 170 g/mol. The molecule has 0 N–H and O–H groups in total. The molecule has 1 aromatic heterocycles. The fraction of sp³-hybridized carbons (Fsp3) is 0.286. The maximum atomic E-state index is 10.3. The maximum Gasteiger partial charge on any atom is 0.187 e. The van der Waals surface area contributed by atoms with Gasteiger partial charge in [-0.25, -0.2) is 0 Å². The predicted molar refractivity (Wildman–Crippen MR) is 40.3 cm³/mol. The molecule has 0 spiro atoms. The van der Waals surface area contributed by atoms with Crippen molar-refractivity contribution in [2.24, 2.45) is 0 Å². The van der Waals surface area contributed by atoms with E-state index in [1.54, 1.807) is 0 Å². The lowest BCUT2D eigenvalue weighted by atomic mass is 10.4. The van der Waals surface area contributed by atoms with E-state index >= 15 is 0 Å². The van der Waals surface area contributed by atoms with Crippen LogP contribution in [0.4, 0.5) is 0 Å². The van der Waals surface area contributed by atoms with Crippen LogP contribution in [0.15, 0.2) is 10.8 Å². The van der Waals surface area contributed by atoms with E-state index in [2.05, 4.69) is 0 Å². The zero-order chi connectivity index (χ0) is 7.68. The van der Waals surface area contributed by atoms with E-state index in [9.17, 15) is 4.79 Å². The third kappa shape index (κ3) is 1.09. The van der Waals surface area contributed by atoms with Gasteiger partial charge in [0, 0.05) is 10.8 Å². The Kier molecular flexibility index (Phi) is 1.54. The van der Waals surface area contributed by atoms with Crippen LogP contribution in [0.5, 0.6) is 11.5 Å². The zero-order valence-electron chi connectivity index (χ0n) is 5.65. The average Bonchev–Trinajstić information content (AvgIpc) is 2.50. The van der Waals surface area contributed by atoms with E-state index in [4.69, 9.17) is 9.47 Å². The molecule has 4 heteroatoms. The number of rotatable bonds is 1. The molecule has 1 aliphatic heterocycles. The van der Waals surface area contributed by atoms with Crippen molar-refractivity contribution in [3.63, 3.8) is 0 Å². The fourth-order valence-electron chi connectivity index (χ4n) is 0.901. The molecule has 1 unspecified atom stereocenters. The van der Waals surface area contributed by atoms with Crippen LogP contribution in [0, 0.1) is 0 Å². The molecule has 0 aliphatic carbocycles. The molecule has 1 atom stereocenters. The van der Waals surface area contributed by atoms with E-state index < -0.39 is 6.10 Å². The first-order valence-electron chi connectivity index (χ1n) is 3.21. The highest BCUT2D eigenvalue weighted by atomic mass is 32.1. The molecule has 0 saturated heterocycles. The van der Waals surface area contributed by atoms with Crippen molar-refractivity contribution >= 4 is 17.6 Å². The molecule has 0 radical (unpaired) electrons. The molecular weight excluding hydrogens is 164 g/mol. The number of carbonyl (C=O) groups is 1. The van der Waals surface area contributed by atoms with Crippen molar-refractivity contribution in [3.05, 3.63) is 10.8 Å². The van der Waals surface area contributed by atoms with E-state index in [0.29, 0.717) is 12.4 Å². The van der Waals surface area contributed by atoms with E-state index in [1.807, 2.05) is 10.8 Å². The van der Waals surface area contributed by atoms with Crippen molar-refractivity contribution in [1.29, 1.82) is 0 Å². The van der Waals surface area contributed by atoms with Crippen molar-refractivity contribution in [2.75, 3.05) is 6.61 Å². The lowest BCUT2D eigenvalue weighted by molar-refractivity contribution is -0.115. The Morgan fingerprint density at radius 3 is 3.18 bits per heavy atom. The number of carbonyl (C=O) groups excluding carboxylic acids is 1. The number of hydrogen-bond donors (Lipinski definition) is 0. The van der Waals surface area contributed by atoms with Gasteiger partial charge in [0.15, 0.2) is 23.9 Å². The fourth-order valence-corrected chi connectivity index (χ4v) is 1.57. The highest BCUT2D eigenvalue weighted by Crippen LogP contribution is 2.34. The Morgan fingerprint density at radius 2 is 2.36 bits per heavy atom. The Bertz CT molecular complexity index is 268. The second kappa shape index (κ2) is 2.54. The van der Waals surface area contributed by atoms with Gasteiger partial charge in [0.1, 0.15) is 6.61 Å². The first-order valence-corrected chi connectivity index (χ1v) is 4.15. The third-order valence-corrected chi connectivity index (χ3v) is 2.13. The highest BCUT2D eigenvalue weighted by molar-refractivity contribution is 7.08. The van der Waals surface area contributed by atoms with Crippen LogP contribution >= 0.6 is 11.3 Å². The summed E-state index contributed by atoms with van der Waals surface area (Å²) in [4.78, 5) is 10.3. The van der Waals surface area contributed by atoms with Gasteiger partial charge in [0.2, 0.25) is 0 Å². The molecule has 0 aromatic carbocycles. The van der Waals surface area contributed by atoms with Gasteiger partial charge in [0.05, 0.1) is 0 Å². The first kappa shape index (κ1) is 6.67. The summed E-state index contributed by atoms with van der Waals surface area (Å²) in [5, 5.41) is 3.68. The smallest absolute Gasteiger partial charge is 0.187 e. The standard InChI is InChI=1S/C7H6O3S/c8-1-5-2-9-6-3-11-4-7(6)10-5/h1,3-5H,2H2. The molecule has 3 nitrogen and oxygen atoms in total. The molecule has 0 fully saturated rings. The number of aldehydes is 1. The molecule has 58 valence electrons. The quantitative estimate of drug-likeness (QED) is 0.592. The van der Waals surface area contributed by atoms with Gasteiger partial charge in [0.25, 0.3) is 0 Å². The van der Waals surface area contributed by atoms with E-state index in [1.165, 1.54) is 11.3 Å². The number of hydrogen-bond acceptors (Lipinski definition) is 4. The van der Waals surface area contributed by atoms with Crippen LogP contribution < -0.4 is 9.47 Å². The summed E-state index contributed by atoms with van der Waals surface area (Å²) in [6, 6.07) is 0. The molecule has 0 saturated carbocycles. The van der Waals surface area contributed by atoms with Crippen LogP contribution in [-0.2, 0) is 4.79 Å². The molecule has 2 heterocycles. The summed E-state index contributed by atoms with van der Waals surface area (Å²) >= 11 is 1.50. The van der Waals surface area contributed by atoms with Gasteiger partial charge in [-0.05, 0) is 0 Å². The van der Waals surface area contributed by atoms with Crippen molar-refractivity contribution in [2.45, 2.75) is 6.10 Å². The van der Waals surface area contributed by atoms with E-state index in [0.717, 1.165) is 12.0 Å². The molecule has 11 heavy (non-hydrogen) atoms. The molecule has 1 aromatic rings. The molecule has 0 bridgehead atoms. The topological polar surface area (TPSA) is 35.5 Å². The Morgan fingerprint density at radius 1 is 1.55 bits per heavy atom. The SMILES string of the molecule is O=CC1COc2cscc2O1. The monoisotopic (exact) mass is 170 g/mol. The number of ether oxygens (including phenoxy) is 2. The normalized spacial score (nSPS) is 21.3. The summed E-state index contributed by atoms with van der Waals surface area (Å²) in [6.07, 6.45) is 0.317. The van der Waals surface area contributed by atoms with Crippen LogP contribution in [0.25, 0.3) is 0 Å². The predicted octanol–water partition coefficient (Wildman–Crippen LogP) is 1.09. The summed E-state index contributed by atoms with van der Waals surface area (Å²) < 4.78 is 10.5. The van der Waals surface area contributed by atoms with Gasteiger partial charge in [-0.3, -0.25) is 4.79 Å². The lowest BCUT2D eigenvalue weighted by Gasteiger charge is -2.19. The lowest BCUT2D eigenvalue weighted by Crippen LogP contribution is -2.29.